The number of hydrogen-bond donors (Lipinski definition) is 0. The number of hydrogen-bond acceptors (Lipinski definition) is 0. The molecule has 0 spiro atoms. The lowest BCUT2D eigenvalue weighted by atomic mass is 10.1. The summed E-state index contributed by atoms with van der Waals surface area (Å²) in [7, 11) is 0. The Hall–Kier alpha value is -1.56. The molecule has 18 heavy (non-hydrogen) atoms. The minimum Gasteiger partial charge on any atom is -0.0961 e. The first-order chi connectivity index (χ1) is 8.49. The molecule has 0 nitrogen and oxygen atoms in total. The quantitative estimate of drug-likeness (QED) is 0.537. The predicted octanol–water partition coefficient (Wildman–Crippen LogP) is 6.27. The average Bonchev–Trinajstić information content (AvgIpc) is 2.31. The Kier molecular flexibility index (Phi) is 14.1. The first-order valence-corrected chi connectivity index (χ1v) is 6.48. The van der Waals surface area contributed by atoms with Gasteiger partial charge in [0, 0.05) is 0 Å². The summed E-state index contributed by atoms with van der Waals surface area (Å²) in [6.45, 7) is 17.7. The molecule has 0 radical (unpaired) electrons. The summed E-state index contributed by atoms with van der Waals surface area (Å²) in [5.41, 5.74) is 3.45. The number of rotatable bonds is 2. The summed E-state index contributed by atoms with van der Waals surface area (Å²) >= 11 is 0. The molecule has 0 saturated carbocycles. The van der Waals surface area contributed by atoms with Crippen molar-refractivity contribution in [2.24, 2.45) is 0 Å². The van der Waals surface area contributed by atoms with Gasteiger partial charge in [0.15, 0.2) is 0 Å². The molecule has 1 rings (SSSR count). The molecule has 0 unspecified atom stereocenters. The molecule has 0 saturated heterocycles. The van der Waals surface area contributed by atoms with Crippen LogP contribution in [0.5, 0.6) is 0 Å². The minimum atomic E-state index is 1.11. The second kappa shape index (κ2) is 13.5. The van der Waals surface area contributed by atoms with E-state index in [1.54, 1.807) is 0 Å². The van der Waals surface area contributed by atoms with Crippen molar-refractivity contribution < 1.29 is 0 Å². The van der Waals surface area contributed by atoms with Crippen molar-refractivity contribution in [3.8, 4) is 0 Å². The third-order valence-electron chi connectivity index (χ3n) is 1.72. The maximum Gasteiger partial charge on any atom is -0.0233 e. The summed E-state index contributed by atoms with van der Waals surface area (Å²) in [6, 6.07) is 10.2. The highest BCUT2D eigenvalue weighted by Crippen LogP contribution is 2.08. The normalized spacial score (nSPS) is 8.72. The van der Waals surface area contributed by atoms with E-state index in [1.807, 2.05) is 51.1 Å². The molecule has 0 aliphatic carbocycles. The summed E-state index contributed by atoms with van der Waals surface area (Å²) in [5, 5.41) is 0. The average molecular weight is 244 g/mol. The fourth-order valence-electron chi connectivity index (χ4n) is 1.01. The molecule has 0 fully saturated rings. The van der Waals surface area contributed by atoms with E-state index in [2.05, 4.69) is 39.1 Å². The molecular formula is C18H28. The van der Waals surface area contributed by atoms with Crippen molar-refractivity contribution in [2.75, 3.05) is 0 Å². The molecule has 0 heterocycles. The van der Waals surface area contributed by atoms with Gasteiger partial charge in [-0.2, -0.15) is 0 Å². The van der Waals surface area contributed by atoms with Crippen molar-refractivity contribution in [3.05, 3.63) is 66.8 Å². The van der Waals surface area contributed by atoms with Crippen LogP contribution in [-0.4, -0.2) is 0 Å². The second-order valence-electron chi connectivity index (χ2n) is 4.20. The van der Waals surface area contributed by atoms with Crippen LogP contribution in [0, 0.1) is 0 Å². The van der Waals surface area contributed by atoms with E-state index in [9.17, 15) is 0 Å². The monoisotopic (exact) mass is 244 g/mol. The van der Waals surface area contributed by atoms with Gasteiger partial charge in [0.05, 0.1) is 0 Å². The molecule has 0 aromatic heterocycles. The van der Waals surface area contributed by atoms with E-state index in [-0.39, 0.29) is 0 Å². The van der Waals surface area contributed by atoms with Gasteiger partial charge in [-0.15, -0.1) is 0 Å². The largest absolute Gasteiger partial charge is 0.0961 e. The van der Waals surface area contributed by atoms with Crippen molar-refractivity contribution in [3.63, 3.8) is 0 Å². The highest BCUT2D eigenvalue weighted by atomic mass is 13.9. The van der Waals surface area contributed by atoms with Gasteiger partial charge in [-0.25, -0.2) is 0 Å². The highest BCUT2D eigenvalue weighted by molar-refractivity contribution is 5.60. The van der Waals surface area contributed by atoms with Crippen LogP contribution in [0.2, 0.25) is 0 Å². The Morgan fingerprint density at radius 1 is 1.06 bits per heavy atom. The van der Waals surface area contributed by atoms with Crippen LogP contribution in [0.3, 0.4) is 0 Å². The smallest absolute Gasteiger partial charge is 0.0233 e. The van der Waals surface area contributed by atoms with Crippen molar-refractivity contribution in [1.82, 2.24) is 0 Å². The van der Waals surface area contributed by atoms with Gasteiger partial charge in [-0.3, -0.25) is 0 Å². The van der Waals surface area contributed by atoms with Crippen molar-refractivity contribution in [2.45, 2.75) is 41.0 Å². The van der Waals surface area contributed by atoms with Gasteiger partial charge >= 0.3 is 0 Å². The summed E-state index contributed by atoms with van der Waals surface area (Å²) in [6.07, 6.45) is 5.20. The zero-order valence-corrected chi connectivity index (χ0v) is 12.7. The molecule has 0 atom stereocenters. The van der Waals surface area contributed by atoms with Crippen LogP contribution < -0.4 is 0 Å². The SMILES string of the molecule is C=C(C)/C=C\C.C=C(C)c1ccccc1.CCC. The highest BCUT2D eigenvalue weighted by Gasteiger charge is 1.86. The molecule has 0 N–H and O–H groups in total. The van der Waals surface area contributed by atoms with Gasteiger partial charge in [0.1, 0.15) is 0 Å². The predicted molar refractivity (Wildman–Crippen MR) is 86.7 cm³/mol. The molecule has 0 bridgehead atoms. The molecule has 0 aliphatic heterocycles. The van der Waals surface area contributed by atoms with Crippen LogP contribution >= 0.6 is 0 Å². The topological polar surface area (TPSA) is 0 Å². The van der Waals surface area contributed by atoms with E-state index in [1.165, 1.54) is 12.0 Å². The van der Waals surface area contributed by atoms with Gasteiger partial charge in [-0.1, -0.05) is 87.1 Å². The summed E-state index contributed by atoms with van der Waals surface area (Å²) in [5.74, 6) is 0. The third-order valence-corrected chi connectivity index (χ3v) is 1.72. The molecular weight excluding hydrogens is 216 g/mol. The number of benzene rings is 1. The van der Waals surface area contributed by atoms with E-state index in [0.717, 1.165) is 11.1 Å². The maximum atomic E-state index is 3.83. The van der Waals surface area contributed by atoms with Gasteiger partial charge in [0.25, 0.3) is 0 Å². The van der Waals surface area contributed by atoms with Gasteiger partial charge in [-0.05, 0) is 26.3 Å². The van der Waals surface area contributed by atoms with E-state index >= 15 is 0 Å². The third kappa shape index (κ3) is 14.4. The van der Waals surface area contributed by atoms with Gasteiger partial charge < -0.3 is 0 Å². The summed E-state index contributed by atoms with van der Waals surface area (Å²) < 4.78 is 0. The lowest BCUT2D eigenvalue weighted by Gasteiger charge is -1.94. The Morgan fingerprint density at radius 3 is 1.67 bits per heavy atom. The Bertz CT molecular complexity index is 342. The molecule has 0 aliphatic rings. The Balaban J connectivity index is 0. The van der Waals surface area contributed by atoms with Crippen molar-refractivity contribution in [1.29, 1.82) is 0 Å². The lowest BCUT2D eigenvalue weighted by Crippen LogP contribution is -1.72. The van der Waals surface area contributed by atoms with E-state index in [0.29, 0.717) is 0 Å². The van der Waals surface area contributed by atoms with Gasteiger partial charge in [0.2, 0.25) is 0 Å². The molecule has 0 heteroatoms. The molecule has 1 aromatic rings. The van der Waals surface area contributed by atoms with E-state index in [4.69, 9.17) is 0 Å². The lowest BCUT2D eigenvalue weighted by molar-refractivity contribution is 1.09. The van der Waals surface area contributed by atoms with Crippen molar-refractivity contribution >= 4 is 5.57 Å². The number of allylic oxidation sites excluding steroid dienone is 4. The van der Waals surface area contributed by atoms with Crippen LogP contribution in [0.1, 0.15) is 46.6 Å². The zero-order chi connectivity index (χ0) is 14.4. The van der Waals surface area contributed by atoms with Crippen LogP contribution in [0.4, 0.5) is 0 Å². The summed E-state index contributed by atoms with van der Waals surface area (Å²) in [4.78, 5) is 0. The van der Waals surface area contributed by atoms with Crippen LogP contribution in [0.25, 0.3) is 5.57 Å². The zero-order valence-electron chi connectivity index (χ0n) is 12.7. The first kappa shape index (κ1) is 18.8. The first-order valence-electron chi connectivity index (χ1n) is 6.48. The van der Waals surface area contributed by atoms with E-state index < -0.39 is 0 Å². The van der Waals surface area contributed by atoms with Crippen LogP contribution in [-0.2, 0) is 0 Å². The maximum absolute atomic E-state index is 3.83. The fraction of sp³-hybridized carbons (Fsp3) is 0.333. The Morgan fingerprint density at radius 2 is 1.50 bits per heavy atom. The minimum absolute atomic E-state index is 1.11. The molecule has 1 aromatic carbocycles. The molecule has 0 amide bonds. The fourth-order valence-corrected chi connectivity index (χ4v) is 1.01. The molecule has 100 valence electrons. The second-order valence-corrected chi connectivity index (χ2v) is 4.20. The Labute approximate surface area is 114 Å². The standard InChI is InChI=1S/C9H10.C6H10.C3H8/c1-8(2)9-6-4-3-5-7-9;1-4-5-6(2)3;1-3-2/h3-7H,1H2,2H3;4-5H,2H2,1,3H3;3H2,1-2H3/b;5-4-;. The van der Waals surface area contributed by atoms with Crippen LogP contribution in [0.15, 0.2) is 61.2 Å².